The molecule has 1 rings (SSSR count). The molecule has 1 heterocycles. The summed E-state index contributed by atoms with van der Waals surface area (Å²) < 4.78 is 5.38. The van der Waals surface area contributed by atoms with E-state index >= 15 is 0 Å². The SMILES string of the molecule is C[C@@H]1CN(CCCO)CC(C(N)=O)O1. The fraction of sp³-hybridized carbons (Fsp3) is 0.889. The summed E-state index contributed by atoms with van der Waals surface area (Å²) >= 11 is 0. The molecule has 0 radical (unpaired) electrons. The number of ether oxygens (including phenoxy) is 1. The Hall–Kier alpha value is -0.650. The van der Waals surface area contributed by atoms with Crippen molar-refractivity contribution in [3.63, 3.8) is 0 Å². The third-order valence-electron chi connectivity index (χ3n) is 2.29. The standard InChI is InChI=1S/C9H18N2O3/c1-7-5-11(3-2-4-12)6-8(14-7)9(10)13/h7-8,12H,2-6H2,1H3,(H2,10,13)/t7-,8?/m1/s1. The van der Waals surface area contributed by atoms with E-state index in [-0.39, 0.29) is 12.7 Å². The third kappa shape index (κ3) is 3.25. The zero-order valence-electron chi connectivity index (χ0n) is 8.48. The lowest BCUT2D eigenvalue weighted by atomic mass is 10.2. The highest BCUT2D eigenvalue weighted by molar-refractivity contribution is 5.79. The molecular formula is C9H18N2O3. The first-order valence-corrected chi connectivity index (χ1v) is 4.91. The molecule has 5 nitrogen and oxygen atoms in total. The van der Waals surface area contributed by atoms with E-state index < -0.39 is 12.0 Å². The summed E-state index contributed by atoms with van der Waals surface area (Å²) in [6.45, 7) is 4.21. The third-order valence-corrected chi connectivity index (χ3v) is 2.29. The number of primary amides is 1. The molecule has 0 aliphatic carbocycles. The second-order valence-corrected chi connectivity index (χ2v) is 3.67. The van der Waals surface area contributed by atoms with Gasteiger partial charge in [-0.25, -0.2) is 0 Å². The fourth-order valence-electron chi connectivity index (χ4n) is 1.67. The zero-order valence-corrected chi connectivity index (χ0v) is 8.48. The normalized spacial score (nSPS) is 29.0. The minimum Gasteiger partial charge on any atom is -0.396 e. The van der Waals surface area contributed by atoms with Gasteiger partial charge in [0.25, 0.3) is 0 Å². The molecule has 1 amide bonds. The summed E-state index contributed by atoms with van der Waals surface area (Å²) in [5.41, 5.74) is 5.18. The summed E-state index contributed by atoms with van der Waals surface area (Å²) in [5.74, 6) is -0.412. The summed E-state index contributed by atoms with van der Waals surface area (Å²) in [5, 5.41) is 8.69. The van der Waals surface area contributed by atoms with Crippen molar-refractivity contribution >= 4 is 5.91 Å². The van der Waals surface area contributed by atoms with E-state index in [0.717, 1.165) is 19.5 Å². The van der Waals surface area contributed by atoms with Crippen molar-refractivity contribution in [1.82, 2.24) is 4.90 Å². The average Bonchev–Trinajstić information content (AvgIpc) is 2.14. The Morgan fingerprint density at radius 1 is 1.64 bits per heavy atom. The highest BCUT2D eigenvalue weighted by Crippen LogP contribution is 2.10. The van der Waals surface area contributed by atoms with Gasteiger partial charge in [-0.15, -0.1) is 0 Å². The molecule has 0 aromatic heterocycles. The molecule has 5 heteroatoms. The van der Waals surface area contributed by atoms with Crippen LogP contribution in [0.15, 0.2) is 0 Å². The van der Waals surface area contributed by atoms with Crippen molar-refractivity contribution in [3.05, 3.63) is 0 Å². The molecule has 1 saturated heterocycles. The first-order valence-electron chi connectivity index (χ1n) is 4.91. The Balaban J connectivity index is 2.41. The van der Waals surface area contributed by atoms with Gasteiger partial charge in [-0.1, -0.05) is 0 Å². The maximum Gasteiger partial charge on any atom is 0.247 e. The van der Waals surface area contributed by atoms with Gasteiger partial charge in [0.1, 0.15) is 6.10 Å². The van der Waals surface area contributed by atoms with Crippen LogP contribution in [0.3, 0.4) is 0 Å². The lowest BCUT2D eigenvalue weighted by molar-refractivity contribution is -0.142. The monoisotopic (exact) mass is 202 g/mol. The van der Waals surface area contributed by atoms with Crippen LogP contribution in [0.5, 0.6) is 0 Å². The quantitative estimate of drug-likeness (QED) is 0.609. The van der Waals surface area contributed by atoms with Crippen molar-refractivity contribution in [1.29, 1.82) is 0 Å². The van der Waals surface area contributed by atoms with Gasteiger partial charge in [0.2, 0.25) is 5.91 Å². The number of amides is 1. The molecule has 0 aromatic carbocycles. The van der Waals surface area contributed by atoms with E-state index in [1.54, 1.807) is 0 Å². The van der Waals surface area contributed by atoms with Crippen LogP contribution in [-0.4, -0.2) is 54.4 Å². The predicted octanol–water partition coefficient (Wildman–Crippen LogP) is -1.06. The van der Waals surface area contributed by atoms with Gasteiger partial charge in [-0.3, -0.25) is 9.69 Å². The van der Waals surface area contributed by atoms with Crippen LogP contribution in [0.1, 0.15) is 13.3 Å². The number of hydrogen-bond acceptors (Lipinski definition) is 4. The van der Waals surface area contributed by atoms with E-state index in [1.165, 1.54) is 0 Å². The van der Waals surface area contributed by atoms with E-state index in [0.29, 0.717) is 6.54 Å². The highest BCUT2D eigenvalue weighted by Gasteiger charge is 2.28. The van der Waals surface area contributed by atoms with Gasteiger partial charge in [-0.2, -0.15) is 0 Å². The Morgan fingerprint density at radius 3 is 2.93 bits per heavy atom. The number of aliphatic hydroxyl groups excluding tert-OH is 1. The number of aliphatic hydroxyl groups is 1. The Bertz CT molecular complexity index is 198. The Kier molecular flexibility index (Phi) is 4.31. The Labute approximate surface area is 83.8 Å². The van der Waals surface area contributed by atoms with Crippen molar-refractivity contribution in [2.24, 2.45) is 5.73 Å². The number of nitrogens with two attached hydrogens (primary N) is 1. The Morgan fingerprint density at radius 2 is 2.36 bits per heavy atom. The van der Waals surface area contributed by atoms with Crippen LogP contribution in [0.2, 0.25) is 0 Å². The molecular weight excluding hydrogens is 184 g/mol. The molecule has 0 aromatic rings. The van der Waals surface area contributed by atoms with Crippen LogP contribution < -0.4 is 5.73 Å². The second kappa shape index (κ2) is 5.29. The van der Waals surface area contributed by atoms with E-state index in [4.69, 9.17) is 15.6 Å². The first kappa shape index (κ1) is 11.4. The average molecular weight is 202 g/mol. The smallest absolute Gasteiger partial charge is 0.247 e. The van der Waals surface area contributed by atoms with Crippen molar-refractivity contribution in [3.8, 4) is 0 Å². The first-order chi connectivity index (χ1) is 6.63. The second-order valence-electron chi connectivity index (χ2n) is 3.67. The molecule has 1 unspecified atom stereocenters. The molecule has 0 spiro atoms. The zero-order chi connectivity index (χ0) is 10.6. The topological polar surface area (TPSA) is 75.8 Å². The van der Waals surface area contributed by atoms with E-state index in [2.05, 4.69) is 4.90 Å². The van der Waals surface area contributed by atoms with Crippen LogP contribution in [-0.2, 0) is 9.53 Å². The van der Waals surface area contributed by atoms with Gasteiger partial charge in [0.15, 0.2) is 0 Å². The number of rotatable bonds is 4. The van der Waals surface area contributed by atoms with Gasteiger partial charge < -0.3 is 15.6 Å². The molecule has 82 valence electrons. The summed E-state index contributed by atoms with van der Waals surface area (Å²) in [4.78, 5) is 13.0. The molecule has 3 N–H and O–H groups in total. The molecule has 1 aliphatic rings. The van der Waals surface area contributed by atoms with Crippen LogP contribution in [0, 0.1) is 0 Å². The lowest BCUT2D eigenvalue weighted by Crippen LogP contribution is -2.51. The number of carbonyl (C=O) groups is 1. The maximum atomic E-state index is 10.9. The van der Waals surface area contributed by atoms with Gasteiger partial charge >= 0.3 is 0 Å². The molecule has 1 aliphatic heterocycles. The fourth-order valence-corrected chi connectivity index (χ4v) is 1.67. The molecule has 1 fully saturated rings. The summed E-state index contributed by atoms with van der Waals surface area (Å²) in [6.07, 6.45) is 0.246. The van der Waals surface area contributed by atoms with Crippen LogP contribution in [0.4, 0.5) is 0 Å². The molecule has 2 atom stereocenters. The van der Waals surface area contributed by atoms with Crippen molar-refractivity contribution in [2.45, 2.75) is 25.6 Å². The van der Waals surface area contributed by atoms with Crippen LogP contribution >= 0.6 is 0 Å². The summed E-state index contributed by atoms with van der Waals surface area (Å²) in [6, 6.07) is 0. The number of morpholine rings is 1. The van der Waals surface area contributed by atoms with Crippen molar-refractivity contribution in [2.75, 3.05) is 26.2 Å². The van der Waals surface area contributed by atoms with E-state index in [9.17, 15) is 4.79 Å². The molecule has 14 heavy (non-hydrogen) atoms. The molecule has 0 saturated carbocycles. The summed E-state index contributed by atoms with van der Waals surface area (Å²) in [7, 11) is 0. The minimum atomic E-state index is -0.502. The van der Waals surface area contributed by atoms with Crippen LogP contribution in [0.25, 0.3) is 0 Å². The maximum absolute atomic E-state index is 10.9. The van der Waals surface area contributed by atoms with Gasteiger partial charge in [0, 0.05) is 26.2 Å². The number of nitrogens with zero attached hydrogens (tertiary/aromatic N) is 1. The minimum absolute atomic E-state index is 0.0277. The number of carbonyl (C=O) groups excluding carboxylic acids is 1. The lowest BCUT2D eigenvalue weighted by Gasteiger charge is -2.35. The van der Waals surface area contributed by atoms with Gasteiger partial charge in [0.05, 0.1) is 6.10 Å². The van der Waals surface area contributed by atoms with Crippen molar-refractivity contribution < 1.29 is 14.6 Å². The van der Waals surface area contributed by atoms with Gasteiger partial charge in [-0.05, 0) is 13.3 Å². The highest BCUT2D eigenvalue weighted by atomic mass is 16.5. The predicted molar refractivity (Wildman–Crippen MR) is 51.7 cm³/mol. The largest absolute Gasteiger partial charge is 0.396 e. The number of hydrogen-bond donors (Lipinski definition) is 2. The molecule has 0 bridgehead atoms. The van der Waals surface area contributed by atoms with E-state index in [1.807, 2.05) is 6.92 Å².